The van der Waals surface area contributed by atoms with Crippen LogP contribution in [0.5, 0.6) is 0 Å². The van der Waals surface area contributed by atoms with Gasteiger partial charge in [0.25, 0.3) is 0 Å². The van der Waals surface area contributed by atoms with Gasteiger partial charge in [-0.2, -0.15) is 0 Å². The maximum absolute atomic E-state index is 12.6. The average Bonchev–Trinajstić information content (AvgIpc) is 2.97. The van der Waals surface area contributed by atoms with E-state index in [1.165, 1.54) is 19.4 Å². The fourth-order valence-electron chi connectivity index (χ4n) is 3.64. The molecule has 2 saturated heterocycles. The molecule has 0 aromatic rings. The van der Waals surface area contributed by atoms with Crippen LogP contribution < -0.4 is 5.32 Å². The molecule has 116 valence electrons. The molecule has 0 aromatic carbocycles. The number of hydrogen-bond donors (Lipinski definition) is 1. The van der Waals surface area contributed by atoms with Crippen molar-refractivity contribution in [2.45, 2.75) is 71.6 Å². The number of likely N-dealkylation sites (tertiary alicyclic amines) is 1. The van der Waals surface area contributed by atoms with Gasteiger partial charge in [-0.3, -0.25) is 15.0 Å². The van der Waals surface area contributed by atoms with Crippen LogP contribution in [-0.2, 0) is 4.79 Å². The second kappa shape index (κ2) is 6.90. The number of nitrogens with zero attached hydrogens (tertiary/aromatic N) is 2. The largest absolute Gasteiger partial charge is 0.324 e. The summed E-state index contributed by atoms with van der Waals surface area (Å²) in [6, 6.07) is 0.603. The summed E-state index contributed by atoms with van der Waals surface area (Å²) in [6.45, 7) is 12.0. The van der Waals surface area contributed by atoms with Gasteiger partial charge in [0.1, 0.15) is 0 Å². The van der Waals surface area contributed by atoms with E-state index in [2.05, 4.69) is 42.8 Å². The minimum absolute atomic E-state index is 0.0372. The Morgan fingerprint density at radius 2 is 2.10 bits per heavy atom. The van der Waals surface area contributed by atoms with Crippen LogP contribution in [-0.4, -0.2) is 53.6 Å². The van der Waals surface area contributed by atoms with Gasteiger partial charge in [0, 0.05) is 12.6 Å². The van der Waals surface area contributed by atoms with Crippen molar-refractivity contribution in [3.63, 3.8) is 0 Å². The summed E-state index contributed by atoms with van der Waals surface area (Å²) in [5.41, 5.74) is 0. The van der Waals surface area contributed by atoms with Gasteiger partial charge < -0.3 is 4.90 Å². The Labute approximate surface area is 123 Å². The molecule has 0 saturated carbocycles. The zero-order chi connectivity index (χ0) is 14.7. The van der Waals surface area contributed by atoms with E-state index in [1.807, 2.05) is 0 Å². The van der Waals surface area contributed by atoms with E-state index in [1.54, 1.807) is 0 Å². The van der Waals surface area contributed by atoms with Gasteiger partial charge in [-0.25, -0.2) is 0 Å². The smallest absolute Gasteiger partial charge is 0.241 e. The number of nitrogens with one attached hydrogen (secondary N) is 1. The van der Waals surface area contributed by atoms with E-state index < -0.39 is 0 Å². The highest BCUT2D eigenvalue weighted by Gasteiger charge is 2.40. The molecule has 20 heavy (non-hydrogen) atoms. The average molecular weight is 281 g/mol. The highest BCUT2D eigenvalue weighted by molar-refractivity contribution is 5.84. The number of amides is 1. The molecule has 4 heteroatoms. The van der Waals surface area contributed by atoms with Gasteiger partial charge in [0.05, 0.1) is 12.2 Å². The minimum atomic E-state index is 0.0372. The molecule has 1 N–H and O–H groups in total. The van der Waals surface area contributed by atoms with E-state index >= 15 is 0 Å². The van der Waals surface area contributed by atoms with Crippen LogP contribution in [0.1, 0.15) is 53.4 Å². The van der Waals surface area contributed by atoms with Gasteiger partial charge in [0.15, 0.2) is 0 Å². The van der Waals surface area contributed by atoms with Crippen LogP contribution in [0.25, 0.3) is 0 Å². The molecule has 2 fully saturated rings. The summed E-state index contributed by atoms with van der Waals surface area (Å²) < 4.78 is 0. The Bertz CT molecular complexity index is 332. The molecule has 0 bridgehead atoms. The summed E-state index contributed by atoms with van der Waals surface area (Å²) in [5, 5.41) is 3.54. The molecule has 2 aliphatic heterocycles. The van der Waals surface area contributed by atoms with Gasteiger partial charge >= 0.3 is 0 Å². The van der Waals surface area contributed by atoms with Crippen LogP contribution in [0.15, 0.2) is 0 Å². The fraction of sp³-hybridized carbons (Fsp3) is 0.938. The van der Waals surface area contributed by atoms with E-state index in [0.717, 1.165) is 25.9 Å². The van der Waals surface area contributed by atoms with Crippen molar-refractivity contribution >= 4 is 5.91 Å². The number of likely N-dealkylation sites (N-methyl/N-ethyl adjacent to an activating group) is 1. The second-order valence-electron chi connectivity index (χ2n) is 6.69. The lowest BCUT2D eigenvalue weighted by atomic mass is 10.1. The van der Waals surface area contributed by atoms with Crippen molar-refractivity contribution in [3.8, 4) is 0 Å². The third-order valence-corrected chi connectivity index (χ3v) is 4.77. The molecule has 0 aliphatic carbocycles. The van der Waals surface area contributed by atoms with Crippen LogP contribution in [0.2, 0.25) is 0 Å². The molecule has 2 rings (SSSR count). The normalized spacial score (nSPS) is 31.8. The Hall–Kier alpha value is -0.610. The summed E-state index contributed by atoms with van der Waals surface area (Å²) in [6.07, 6.45) is 4.71. The van der Waals surface area contributed by atoms with Gasteiger partial charge in [-0.1, -0.05) is 27.7 Å². The summed E-state index contributed by atoms with van der Waals surface area (Å²) >= 11 is 0. The first-order chi connectivity index (χ1) is 9.56. The molecule has 3 unspecified atom stereocenters. The van der Waals surface area contributed by atoms with Crippen molar-refractivity contribution in [2.75, 3.05) is 19.6 Å². The van der Waals surface area contributed by atoms with Crippen LogP contribution in [0.4, 0.5) is 0 Å². The van der Waals surface area contributed by atoms with Crippen molar-refractivity contribution in [2.24, 2.45) is 5.92 Å². The number of rotatable bonds is 6. The fourth-order valence-corrected chi connectivity index (χ4v) is 3.64. The van der Waals surface area contributed by atoms with Crippen LogP contribution in [0, 0.1) is 5.92 Å². The predicted molar refractivity (Wildman–Crippen MR) is 82.4 cm³/mol. The monoisotopic (exact) mass is 281 g/mol. The number of carbonyl (C=O) groups is 1. The van der Waals surface area contributed by atoms with Crippen molar-refractivity contribution in [1.82, 2.24) is 15.1 Å². The predicted octanol–water partition coefficient (Wildman–Crippen LogP) is 2.05. The first-order valence-electron chi connectivity index (χ1n) is 8.37. The Kier molecular flexibility index (Phi) is 5.44. The molecule has 0 spiro atoms. The lowest BCUT2D eigenvalue weighted by molar-refractivity contribution is -0.130. The molecule has 0 radical (unpaired) electrons. The highest BCUT2D eigenvalue weighted by Crippen LogP contribution is 2.24. The van der Waals surface area contributed by atoms with E-state index in [0.29, 0.717) is 17.9 Å². The van der Waals surface area contributed by atoms with Gasteiger partial charge in [-0.15, -0.1) is 0 Å². The van der Waals surface area contributed by atoms with Crippen LogP contribution in [0.3, 0.4) is 0 Å². The number of hydrogen-bond acceptors (Lipinski definition) is 3. The SMILES string of the molecule is CCC1NC(CC(C)C)N(CC2CCCN2CC)C1=O. The molecule has 1 amide bonds. The molecule has 4 nitrogen and oxygen atoms in total. The van der Waals surface area contributed by atoms with Gasteiger partial charge in [-0.05, 0) is 44.7 Å². The molecular formula is C16H31N3O. The summed E-state index contributed by atoms with van der Waals surface area (Å²) in [4.78, 5) is 17.2. The Morgan fingerprint density at radius 1 is 1.35 bits per heavy atom. The number of carbonyl (C=O) groups excluding carboxylic acids is 1. The Morgan fingerprint density at radius 3 is 2.70 bits per heavy atom. The zero-order valence-corrected chi connectivity index (χ0v) is 13.6. The topological polar surface area (TPSA) is 35.6 Å². The maximum Gasteiger partial charge on any atom is 0.241 e. The lowest BCUT2D eigenvalue weighted by Gasteiger charge is -2.31. The third kappa shape index (κ3) is 3.34. The zero-order valence-electron chi connectivity index (χ0n) is 13.6. The van der Waals surface area contributed by atoms with Crippen molar-refractivity contribution in [3.05, 3.63) is 0 Å². The molecular weight excluding hydrogens is 250 g/mol. The second-order valence-corrected chi connectivity index (χ2v) is 6.69. The summed E-state index contributed by atoms with van der Waals surface area (Å²) in [7, 11) is 0. The maximum atomic E-state index is 12.6. The highest BCUT2D eigenvalue weighted by atomic mass is 16.2. The molecule has 2 heterocycles. The first kappa shape index (κ1) is 15.8. The lowest BCUT2D eigenvalue weighted by Crippen LogP contribution is -2.46. The minimum Gasteiger partial charge on any atom is -0.324 e. The van der Waals surface area contributed by atoms with E-state index in [4.69, 9.17) is 0 Å². The van der Waals surface area contributed by atoms with Gasteiger partial charge in [0.2, 0.25) is 5.91 Å². The molecule has 2 aliphatic rings. The van der Waals surface area contributed by atoms with Crippen LogP contribution >= 0.6 is 0 Å². The third-order valence-electron chi connectivity index (χ3n) is 4.77. The van der Waals surface area contributed by atoms with Crippen molar-refractivity contribution < 1.29 is 4.79 Å². The first-order valence-corrected chi connectivity index (χ1v) is 8.37. The molecule has 3 atom stereocenters. The van der Waals surface area contributed by atoms with E-state index in [-0.39, 0.29) is 12.2 Å². The Balaban J connectivity index is 2.03. The standard InChI is InChI=1S/C16H31N3O/c1-5-14-16(20)19(15(17-14)10-12(3)4)11-13-8-7-9-18(13)6-2/h12-15,17H,5-11H2,1-4H3. The molecule has 0 aromatic heterocycles. The van der Waals surface area contributed by atoms with Crippen molar-refractivity contribution in [1.29, 1.82) is 0 Å². The van der Waals surface area contributed by atoms with E-state index in [9.17, 15) is 4.79 Å². The quantitative estimate of drug-likeness (QED) is 0.809. The summed E-state index contributed by atoms with van der Waals surface area (Å²) in [5.74, 6) is 0.936.